The summed E-state index contributed by atoms with van der Waals surface area (Å²) in [6.45, 7) is 0.135. The first-order chi connectivity index (χ1) is 14.0. The predicted octanol–water partition coefficient (Wildman–Crippen LogP) is 1.28. The summed E-state index contributed by atoms with van der Waals surface area (Å²) in [7, 11) is 0. The lowest BCUT2D eigenvalue weighted by Gasteiger charge is -2.27. The van der Waals surface area contributed by atoms with Gasteiger partial charge in [-0.15, -0.1) is 0 Å². The summed E-state index contributed by atoms with van der Waals surface area (Å²) in [5.41, 5.74) is 6.83. The van der Waals surface area contributed by atoms with Crippen LogP contribution in [-0.2, 0) is 19.2 Å². The largest absolute Gasteiger partial charge is 0.370 e. The van der Waals surface area contributed by atoms with Gasteiger partial charge in [-0.3, -0.25) is 19.2 Å². The molecule has 2 aliphatic rings. The Labute approximate surface area is 167 Å². The number of nitriles is 1. The third kappa shape index (κ3) is 3.27. The van der Waals surface area contributed by atoms with Crippen molar-refractivity contribution in [2.24, 2.45) is 11.7 Å². The number of anilines is 1. The van der Waals surface area contributed by atoms with E-state index in [-0.39, 0.29) is 18.9 Å². The highest BCUT2D eigenvalue weighted by Gasteiger charge is 2.59. The van der Waals surface area contributed by atoms with Crippen molar-refractivity contribution >= 4 is 23.4 Å². The molecule has 0 radical (unpaired) electrons. The van der Waals surface area contributed by atoms with E-state index in [0.717, 1.165) is 4.90 Å². The van der Waals surface area contributed by atoms with E-state index in [4.69, 9.17) is 10.6 Å². The lowest BCUT2D eigenvalue weighted by atomic mass is 9.90. The zero-order valence-corrected chi connectivity index (χ0v) is 15.4. The summed E-state index contributed by atoms with van der Waals surface area (Å²) in [6.07, 6.45) is -0.982. The van der Waals surface area contributed by atoms with Crippen LogP contribution in [-0.4, -0.2) is 35.4 Å². The van der Waals surface area contributed by atoms with Crippen LogP contribution in [0.4, 0.5) is 5.69 Å². The van der Waals surface area contributed by atoms with Crippen molar-refractivity contribution in [3.63, 3.8) is 0 Å². The van der Waals surface area contributed by atoms with Gasteiger partial charge in [0.15, 0.2) is 6.10 Å². The fraction of sp³-hybridized carbons (Fsp3) is 0.238. The first kappa shape index (κ1) is 18.8. The van der Waals surface area contributed by atoms with Gasteiger partial charge in [-0.2, -0.15) is 10.3 Å². The van der Waals surface area contributed by atoms with Crippen molar-refractivity contribution in [1.82, 2.24) is 5.06 Å². The SMILES string of the molecule is N#Cc1cccc(C2C3C(=O)N(c4ccccc4)C(=O)C3ON2CCC(N)=O)c1. The first-order valence-corrected chi connectivity index (χ1v) is 9.16. The molecule has 4 rings (SSSR count). The van der Waals surface area contributed by atoms with Crippen molar-refractivity contribution in [1.29, 1.82) is 5.26 Å². The molecule has 0 spiro atoms. The van der Waals surface area contributed by atoms with E-state index in [1.165, 1.54) is 5.06 Å². The quantitative estimate of drug-likeness (QED) is 0.769. The highest BCUT2D eigenvalue weighted by Crippen LogP contribution is 2.45. The van der Waals surface area contributed by atoms with Gasteiger partial charge in [0, 0.05) is 13.0 Å². The number of benzene rings is 2. The van der Waals surface area contributed by atoms with Crippen LogP contribution >= 0.6 is 0 Å². The van der Waals surface area contributed by atoms with Crippen LogP contribution in [0.2, 0.25) is 0 Å². The highest BCUT2D eigenvalue weighted by molar-refractivity contribution is 6.23. The Morgan fingerprint density at radius 3 is 2.55 bits per heavy atom. The van der Waals surface area contributed by atoms with Crippen LogP contribution in [0.25, 0.3) is 0 Å². The Bertz CT molecular complexity index is 1020. The Kier molecular flexibility index (Phi) is 4.84. The molecule has 3 amide bonds. The van der Waals surface area contributed by atoms with Gasteiger partial charge < -0.3 is 5.73 Å². The molecule has 2 heterocycles. The van der Waals surface area contributed by atoms with E-state index in [0.29, 0.717) is 16.8 Å². The van der Waals surface area contributed by atoms with Gasteiger partial charge in [-0.1, -0.05) is 30.3 Å². The molecule has 8 nitrogen and oxygen atoms in total. The third-order valence-electron chi connectivity index (χ3n) is 5.15. The summed E-state index contributed by atoms with van der Waals surface area (Å²) in [4.78, 5) is 44.5. The summed E-state index contributed by atoms with van der Waals surface area (Å²) in [5.74, 6) is -2.13. The second kappa shape index (κ2) is 7.47. The molecule has 8 heteroatoms. The minimum atomic E-state index is -0.994. The second-order valence-electron chi connectivity index (χ2n) is 6.94. The Balaban J connectivity index is 1.73. The second-order valence-corrected chi connectivity index (χ2v) is 6.94. The molecule has 0 aliphatic carbocycles. The van der Waals surface area contributed by atoms with Gasteiger partial charge in [0.25, 0.3) is 5.91 Å². The Hall–Kier alpha value is -3.54. The van der Waals surface area contributed by atoms with Crippen molar-refractivity contribution in [3.8, 4) is 6.07 Å². The topological polar surface area (TPSA) is 117 Å². The molecule has 2 aromatic carbocycles. The number of nitrogens with two attached hydrogens (primary N) is 1. The van der Waals surface area contributed by atoms with Gasteiger partial charge in [0.05, 0.1) is 29.3 Å². The molecule has 2 aromatic rings. The Morgan fingerprint density at radius 1 is 1.10 bits per heavy atom. The molecule has 0 bridgehead atoms. The van der Waals surface area contributed by atoms with E-state index in [2.05, 4.69) is 6.07 Å². The fourth-order valence-corrected chi connectivity index (χ4v) is 3.88. The molecular formula is C21H18N4O4. The molecule has 29 heavy (non-hydrogen) atoms. The van der Waals surface area contributed by atoms with Crippen molar-refractivity contribution < 1.29 is 19.2 Å². The fourth-order valence-electron chi connectivity index (χ4n) is 3.88. The molecule has 2 saturated heterocycles. The Morgan fingerprint density at radius 2 is 1.86 bits per heavy atom. The number of rotatable bonds is 5. The van der Waals surface area contributed by atoms with E-state index >= 15 is 0 Å². The number of para-hydroxylation sites is 1. The molecule has 0 saturated carbocycles. The van der Waals surface area contributed by atoms with Gasteiger partial charge >= 0.3 is 0 Å². The smallest absolute Gasteiger partial charge is 0.265 e. The summed E-state index contributed by atoms with van der Waals surface area (Å²) in [5, 5.41) is 10.7. The monoisotopic (exact) mass is 390 g/mol. The van der Waals surface area contributed by atoms with Gasteiger partial charge in [-0.05, 0) is 29.8 Å². The summed E-state index contributed by atoms with van der Waals surface area (Å²) < 4.78 is 0. The number of hydrogen-bond donors (Lipinski definition) is 1. The number of hydroxylamine groups is 2. The number of fused-ring (bicyclic) bond motifs is 1. The first-order valence-electron chi connectivity index (χ1n) is 9.16. The molecule has 3 atom stereocenters. The van der Waals surface area contributed by atoms with Crippen LogP contribution in [0, 0.1) is 17.2 Å². The van der Waals surface area contributed by atoms with E-state index in [1.54, 1.807) is 54.6 Å². The molecule has 2 N–H and O–H groups in total. The van der Waals surface area contributed by atoms with Crippen molar-refractivity contribution in [3.05, 3.63) is 65.7 Å². The number of imide groups is 1. The van der Waals surface area contributed by atoms with Crippen LogP contribution in [0.1, 0.15) is 23.6 Å². The molecule has 146 valence electrons. The number of amides is 3. The highest BCUT2D eigenvalue weighted by atomic mass is 16.7. The van der Waals surface area contributed by atoms with Gasteiger partial charge in [0.1, 0.15) is 0 Å². The standard InChI is InChI=1S/C21H18N4O4/c22-12-13-5-4-6-14(11-13)18-17-19(29-24(18)10-9-16(23)26)21(28)25(20(17)27)15-7-2-1-3-8-15/h1-8,11,17-19H,9-10H2,(H2,23,26). The number of primary amides is 1. The molecule has 2 fully saturated rings. The minimum absolute atomic E-state index is 0.0126. The maximum absolute atomic E-state index is 13.3. The van der Waals surface area contributed by atoms with Crippen LogP contribution < -0.4 is 10.6 Å². The van der Waals surface area contributed by atoms with Crippen LogP contribution in [0.5, 0.6) is 0 Å². The zero-order valence-electron chi connectivity index (χ0n) is 15.4. The lowest BCUT2D eigenvalue weighted by molar-refractivity contribution is -0.173. The maximum atomic E-state index is 13.3. The van der Waals surface area contributed by atoms with E-state index < -0.39 is 29.9 Å². The van der Waals surface area contributed by atoms with Crippen LogP contribution in [0.15, 0.2) is 54.6 Å². The molecule has 3 unspecified atom stereocenters. The van der Waals surface area contributed by atoms with Crippen LogP contribution in [0.3, 0.4) is 0 Å². The molecule has 0 aromatic heterocycles. The number of carbonyl (C=O) groups is 3. The number of nitrogens with zero attached hydrogens (tertiary/aromatic N) is 3. The predicted molar refractivity (Wildman–Crippen MR) is 102 cm³/mol. The average molecular weight is 390 g/mol. The van der Waals surface area contributed by atoms with Crippen molar-refractivity contribution in [2.75, 3.05) is 11.4 Å². The number of carbonyl (C=O) groups excluding carboxylic acids is 3. The average Bonchev–Trinajstić information content (AvgIpc) is 3.22. The lowest BCUT2D eigenvalue weighted by Crippen LogP contribution is -2.38. The number of hydrogen-bond acceptors (Lipinski definition) is 6. The third-order valence-corrected chi connectivity index (χ3v) is 5.15. The maximum Gasteiger partial charge on any atom is 0.265 e. The zero-order chi connectivity index (χ0) is 20.5. The normalized spacial score (nSPS) is 23.8. The van der Waals surface area contributed by atoms with Crippen molar-refractivity contribution in [2.45, 2.75) is 18.6 Å². The minimum Gasteiger partial charge on any atom is -0.370 e. The summed E-state index contributed by atoms with van der Waals surface area (Å²) in [6, 6.07) is 16.9. The van der Waals surface area contributed by atoms with E-state index in [9.17, 15) is 19.6 Å². The van der Waals surface area contributed by atoms with E-state index in [1.807, 2.05) is 0 Å². The molecular weight excluding hydrogens is 372 g/mol. The van der Waals surface area contributed by atoms with Gasteiger partial charge in [0.2, 0.25) is 11.8 Å². The molecule has 2 aliphatic heterocycles. The summed E-state index contributed by atoms with van der Waals surface area (Å²) >= 11 is 0. The van der Waals surface area contributed by atoms with Gasteiger partial charge in [-0.25, -0.2) is 4.90 Å².